The molecule has 2 rings (SSSR count). The van der Waals surface area contributed by atoms with Crippen molar-refractivity contribution in [1.29, 1.82) is 0 Å². The molecular formula is C16H21N3OS. The summed E-state index contributed by atoms with van der Waals surface area (Å²) in [6, 6.07) is 10.3. The molecule has 0 aliphatic heterocycles. The molecule has 1 heterocycles. The van der Waals surface area contributed by atoms with E-state index >= 15 is 0 Å². The highest BCUT2D eigenvalue weighted by Gasteiger charge is 2.07. The molecule has 0 saturated carbocycles. The number of aryl methyl sites for hydroxylation is 1. The topological polar surface area (TPSA) is 47.0 Å². The van der Waals surface area contributed by atoms with E-state index in [1.54, 1.807) is 11.8 Å². The number of anilines is 1. The lowest BCUT2D eigenvalue weighted by atomic mass is 10.2. The van der Waals surface area contributed by atoms with Crippen molar-refractivity contribution in [3.05, 3.63) is 41.7 Å². The van der Waals surface area contributed by atoms with Crippen LogP contribution in [0, 0.1) is 6.92 Å². The van der Waals surface area contributed by atoms with Crippen LogP contribution in [0.3, 0.4) is 0 Å². The third-order valence-electron chi connectivity index (χ3n) is 2.85. The van der Waals surface area contributed by atoms with Crippen LogP contribution in [0.25, 0.3) is 0 Å². The SMILES string of the molecule is CCNc1cc(Sc2ccccc2C)nc(COCC)n1. The summed E-state index contributed by atoms with van der Waals surface area (Å²) < 4.78 is 5.42. The summed E-state index contributed by atoms with van der Waals surface area (Å²) in [7, 11) is 0. The van der Waals surface area contributed by atoms with Crippen LogP contribution in [0.4, 0.5) is 5.82 Å². The molecule has 1 aromatic carbocycles. The highest BCUT2D eigenvalue weighted by Crippen LogP contribution is 2.29. The third kappa shape index (κ3) is 4.72. The van der Waals surface area contributed by atoms with E-state index in [4.69, 9.17) is 4.74 Å². The second-order valence-corrected chi connectivity index (χ2v) is 5.60. The Bertz CT molecular complexity index is 589. The average Bonchev–Trinajstić information content (AvgIpc) is 2.48. The van der Waals surface area contributed by atoms with Gasteiger partial charge in [-0.3, -0.25) is 0 Å². The molecule has 0 aliphatic carbocycles. The van der Waals surface area contributed by atoms with Crippen LogP contribution >= 0.6 is 11.8 Å². The van der Waals surface area contributed by atoms with E-state index in [1.165, 1.54) is 10.5 Å². The molecule has 0 bridgehead atoms. The number of nitrogens with one attached hydrogen (secondary N) is 1. The Morgan fingerprint density at radius 3 is 2.71 bits per heavy atom. The second-order valence-electron chi connectivity index (χ2n) is 4.54. The zero-order valence-electron chi connectivity index (χ0n) is 12.7. The van der Waals surface area contributed by atoms with E-state index < -0.39 is 0 Å². The number of benzene rings is 1. The van der Waals surface area contributed by atoms with Gasteiger partial charge < -0.3 is 10.1 Å². The van der Waals surface area contributed by atoms with Gasteiger partial charge in [0.25, 0.3) is 0 Å². The average molecular weight is 303 g/mol. The smallest absolute Gasteiger partial charge is 0.157 e. The van der Waals surface area contributed by atoms with Crippen molar-refractivity contribution in [2.75, 3.05) is 18.5 Å². The third-order valence-corrected chi connectivity index (χ3v) is 3.95. The van der Waals surface area contributed by atoms with E-state index in [-0.39, 0.29) is 0 Å². The molecular weight excluding hydrogens is 282 g/mol. The maximum absolute atomic E-state index is 5.42. The van der Waals surface area contributed by atoms with Crippen LogP contribution < -0.4 is 5.32 Å². The maximum atomic E-state index is 5.42. The first-order valence-electron chi connectivity index (χ1n) is 7.16. The van der Waals surface area contributed by atoms with E-state index in [9.17, 15) is 0 Å². The highest BCUT2D eigenvalue weighted by atomic mass is 32.2. The molecule has 0 spiro atoms. The van der Waals surface area contributed by atoms with Crippen molar-refractivity contribution in [3.8, 4) is 0 Å². The molecule has 112 valence electrons. The fraction of sp³-hybridized carbons (Fsp3) is 0.375. The lowest BCUT2D eigenvalue weighted by Crippen LogP contribution is -2.06. The minimum atomic E-state index is 0.442. The van der Waals surface area contributed by atoms with Crippen molar-refractivity contribution in [1.82, 2.24) is 9.97 Å². The van der Waals surface area contributed by atoms with Crippen molar-refractivity contribution >= 4 is 17.6 Å². The minimum Gasteiger partial charge on any atom is -0.374 e. The number of hydrogen-bond donors (Lipinski definition) is 1. The Hall–Kier alpha value is -1.59. The second kappa shape index (κ2) is 8.00. The van der Waals surface area contributed by atoms with Gasteiger partial charge >= 0.3 is 0 Å². The summed E-state index contributed by atoms with van der Waals surface area (Å²) in [5, 5.41) is 4.18. The van der Waals surface area contributed by atoms with Gasteiger partial charge in [-0.2, -0.15) is 0 Å². The Labute approximate surface area is 130 Å². The molecule has 0 radical (unpaired) electrons. The van der Waals surface area contributed by atoms with Crippen LogP contribution in [0.5, 0.6) is 0 Å². The summed E-state index contributed by atoms with van der Waals surface area (Å²) in [4.78, 5) is 10.2. The molecule has 1 aromatic heterocycles. The van der Waals surface area contributed by atoms with Gasteiger partial charge in [0.1, 0.15) is 17.5 Å². The Kier molecular flexibility index (Phi) is 6.02. The standard InChI is InChI=1S/C16H21N3OS/c1-4-17-14-10-16(19-15(18-14)11-20-5-2)21-13-9-7-6-8-12(13)3/h6-10H,4-5,11H2,1-3H3,(H,17,18,19). The van der Waals surface area contributed by atoms with Gasteiger partial charge in [0.2, 0.25) is 0 Å². The van der Waals surface area contributed by atoms with E-state index in [2.05, 4.69) is 41.3 Å². The number of aromatic nitrogens is 2. The minimum absolute atomic E-state index is 0.442. The van der Waals surface area contributed by atoms with Gasteiger partial charge in [0.05, 0.1) is 0 Å². The zero-order valence-corrected chi connectivity index (χ0v) is 13.5. The van der Waals surface area contributed by atoms with E-state index in [1.807, 2.05) is 25.1 Å². The van der Waals surface area contributed by atoms with Gasteiger partial charge in [0, 0.05) is 24.1 Å². The summed E-state index contributed by atoms with van der Waals surface area (Å²) >= 11 is 1.66. The van der Waals surface area contributed by atoms with Gasteiger partial charge in [0.15, 0.2) is 5.82 Å². The van der Waals surface area contributed by atoms with Crippen LogP contribution in [0.1, 0.15) is 25.2 Å². The molecule has 21 heavy (non-hydrogen) atoms. The van der Waals surface area contributed by atoms with Gasteiger partial charge in [-0.1, -0.05) is 30.0 Å². The Balaban J connectivity index is 2.24. The Morgan fingerprint density at radius 1 is 1.19 bits per heavy atom. The number of rotatable bonds is 7. The Morgan fingerprint density at radius 2 is 2.00 bits per heavy atom. The molecule has 0 amide bonds. The van der Waals surface area contributed by atoms with Crippen molar-refractivity contribution < 1.29 is 4.74 Å². The van der Waals surface area contributed by atoms with Crippen LogP contribution in [-0.2, 0) is 11.3 Å². The molecule has 4 nitrogen and oxygen atoms in total. The van der Waals surface area contributed by atoms with Crippen molar-refractivity contribution in [2.24, 2.45) is 0 Å². The first kappa shape index (κ1) is 15.8. The normalized spacial score (nSPS) is 10.6. The molecule has 0 saturated heterocycles. The molecule has 5 heteroatoms. The van der Waals surface area contributed by atoms with Crippen LogP contribution in [0.2, 0.25) is 0 Å². The predicted octanol–water partition coefficient (Wildman–Crippen LogP) is 3.90. The predicted molar refractivity (Wildman–Crippen MR) is 86.8 cm³/mol. The van der Waals surface area contributed by atoms with E-state index in [0.717, 1.165) is 17.4 Å². The maximum Gasteiger partial charge on any atom is 0.157 e. The van der Waals surface area contributed by atoms with Crippen LogP contribution in [-0.4, -0.2) is 23.1 Å². The van der Waals surface area contributed by atoms with Crippen molar-refractivity contribution in [2.45, 2.75) is 37.3 Å². The van der Waals surface area contributed by atoms with Crippen LogP contribution in [0.15, 0.2) is 40.3 Å². The summed E-state index contributed by atoms with van der Waals surface area (Å²) in [6.45, 7) is 8.07. The summed E-state index contributed by atoms with van der Waals surface area (Å²) in [5.41, 5.74) is 1.25. The number of hydrogen-bond acceptors (Lipinski definition) is 5. The van der Waals surface area contributed by atoms with Gasteiger partial charge in [-0.15, -0.1) is 0 Å². The van der Waals surface area contributed by atoms with E-state index in [0.29, 0.717) is 19.0 Å². The molecule has 2 aromatic rings. The van der Waals surface area contributed by atoms with Gasteiger partial charge in [-0.25, -0.2) is 9.97 Å². The lowest BCUT2D eigenvalue weighted by Gasteiger charge is -2.10. The van der Waals surface area contributed by atoms with Crippen molar-refractivity contribution in [3.63, 3.8) is 0 Å². The molecule has 0 aliphatic rings. The number of nitrogens with zero attached hydrogens (tertiary/aromatic N) is 2. The monoisotopic (exact) mass is 303 g/mol. The molecule has 0 atom stereocenters. The fourth-order valence-corrected chi connectivity index (χ4v) is 2.76. The quantitative estimate of drug-likeness (QED) is 0.786. The lowest BCUT2D eigenvalue weighted by molar-refractivity contribution is 0.128. The first-order chi connectivity index (χ1) is 10.2. The highest BCUT2D eigenvalue weighted by molar-refractivity contribution is 7.99. The summed E-state index contributed by atoms with van der Waals surface area (Å²) in [5.74, 6) is 1.56. The first-order valence-corrected chi connectivity index (χ1v) is 7.97. The molecule has 1 N–H and O–H groups in total. The molecule has 0 fully saturated rings. The largest absolute Gasteiger partial charge is 0.374 e. The summed E-state index contributed by atoms with van der Waals surface area (Å²) in [6.07, 6.45) is 0. The zero-order chi connectivity index (χ0) is 15.1. The number of ether oxygens (including phenoxy) is 1. The molecule has 0 unspecified atom stereocenters. The van der Waals surface area contributed by atoms with Gasteiger partial charge in [-0.05, 0) is 32.4 Å². The fourth-order valence-electron chi connectivity index (χ4n) is 1.84.